The fourth-order valence-electron chi connectivity index (χ4n) is 6.18. The van der Waals surface area contributed by atoms with E-state index >= 15 is 0 Å². The first-order valence-corrected chi connectivity index (χ1v) is 9.24. The minimum Gasteiger partial charge on any atom is -0.480 e. The third-order valence-electron chi connectivity index (χ3n) is 6.70. The molecule has 1 aromatic rings. The second-order valence-corrected chi connectivity index (χ2v) is 8.36. The maximum atomic E-state index is 12.2. The van der Waals surface area contributed by atoms with Crippen molar-refractivity contribution in [3.8, 4) is 0 Å². The van der Waals surface area contributed by atoms with Crippen LogP contribution < -0.4 is 5.32 Å². The molecule has 3 N–H and O–H groups in total. The van der Waals surface area contributed by atoms with Crippen LogP contribution in [0.4, 0.5) is 0 Å². The number of aliphatic hydroxyl groups excluding tert-OH is 1. The Morgan fingerprint density at radius 1 is 1.08 bits per heavy atom. The molecular formula is C20H27NO3. The first-order chi connectivity index (χ1) is 11.6. The van der Waals surface area contributed by atoms with Gasteiger partial charge >= 0.3 is 5.97 Å². The van der Waals surface area contributed by atoms with Crippen molar-refractivity contribution in [1.29, 1.82) is 0 Å². The Morgan fingerprint density at radius 3 is 2.08 bits per heavy atom. The Labute approximate surface area is 143 Å². The molecule has 4 fully saturated rings. The molecule has 0 heterocycles. The molecule has 2 atom stereocenters. The number of nitrogens with one attached hydrogen (secondary N) is 1. The summed E-state index contributed by atoms with van der Waals surface area (Å²) in [6.45, 7) is -0.0832. The van der Waals surface area contributed by atoms with Gasteiger partial charge in [-0.15, -0.1) is 0 Å². The molecule has 4 nitrogen and oxygen atoms in total. The average Bonchev–Trinajstić information content (AvgIpc) is 2.54. The van der Waals surface area contributed by atoms with E-state index in [0.29, 0.717) is 17.8 Å². The van der Waals surface area contributed by atoms with E-state index in [9.17, 15) is 15.0 Å². The molecule has 0 amide bonds. The summed E-state index contributed by atoms with van der Waals surface area (Å²) in [7, 11) is 0. The number of hydrogen-bond acceptors (Lipinski definition) is 3. The molecule has 1 aromatic carbocycles. The molecule has 0 spiro atoms. The lowest BCUT2D eigenvalue weighted by atomic mass is 9.47. The molecule has 0 aromatic heterocycles. The smallest absolute Gasteiger partial charge is 0.321 e. The summed E-state index contributed by atoms with van der Waals surface area (Å²) in [5, 5.41) is 23.1. The fourth-order valence-corrected chi connectivity index (χ4v) is 6.18. The van der Waals surface area contributed by atoms with Crippen LogP contribution in [-0.2, 0) is 4.79 Å². The summed E-state index contributed by atoms with van der Waals surface area (Å²) in [4.78, 5) is 12.2. The van der Waals surface area contributed by atoms with Crippen molar-refractivity contribution in [2.45, 2.75) is 50.6 Å². The van der Waals surface area contributed by atoms with Gasteiger partial charge in [0.25, 0.3) is 0 Å². The van der Waals surface area contributed by atoms with E-state index in [4.69, 9.17) is 0 Å². The van der Waals surface area contributed by atoms with Gasteiger partial charge in [-0.1, -0.05) is 30.3 Å². The van der Waals surface area contributed by atoms with Crippen LogP contribution in [0.1, 0.15) is 50.1 Å². The average molecular weight is 329 g/mol. The highest BCUT2D eigenvalue weighted by molar-refractivity contribution is 5.75. The zero-order chi connectivity index (χ0) is 16.7. The van der Waals surface area contributed by atoms with E-state index in [1.54, 1.807) is 0 Å². The molecule has 0 radical (unpaired) electrons. The molecule has 4 saturated carbocycles. The molecule has 4 aliphatic carbocycles. The summed E-state index contributed by atoms with van der Waals surface area (Å²) in [5.41, 5.74) is 0.832. The number of rotatable bonds is 6. The molecule has 4 bridgehead atoms. The molecule has 4 heteroatoms. The van der Waals surface area contributed by atoms with E-state index in [-0.39, 0.29) is 18.1 Å². The van der Waals surface area contributed by atoms with Gasteiger partial charge in [-0.2, -0.15) is 0 Å². The predicted molar refractivity (Wildman–Crippen MR) is 91.4 cm³/mol. The SMILES string of the molecule is O=C(O)C(N[C@@H](CO)c1ccccc1)C12CC3CC(CC(C3)C1)C2. The van der Waals surface area contributed by atoms with Gasteiger partial charge in [0.2, 0.25) is 0 Å². The minimum atomic E-state index is -0.758. The summed E-state index contributed by atoms with van der Waals surface area (Å²) in [6, 6.07) is 8.81. The lowest BCUT2D eigenvalue weighted by Crippen LogP contribution is -2.59. The Morgan fingerprint density at radius 2 is 1.62 bits per heavy atom. The molecule has 130 valence electrons. The van der Waals surface area contributed by atoms with Crippen molar-refractivity contribution >= 4 is 5.97 Å². The quantitative estimate of drug-likeness (QED) is 0.750. The number of aliphatic carboxylic acids is 1. The van der Waals surface area contributed by atoms with E-state index in [1.165, 1.54) is 19.3 Å². The number of carboxylic acids is 1. The van der Waals surface area contributed by atoms with E-state index in [2.05, 4.69) is 5.32 Å². The van der Waals surface area contributed by atoms with Crippen LogP contribution in [0.15, 0.2) is 30.3 Å². The topological polar surface area (TPSA) is 69.6 Å². The molecule has 5 rings (SSSR count). The van der Waals surface area contributed by atoms with Crippen LogP contribution in [0.2, 0.25) is 0 Å². The fraction of sp³-hybridized carbons (Fsp3) is 0.650. The summed E-state index contributed by atoms with van der Waals surface area (Å²) in [5.74, 6) is 1.38. The van der Waals surface area contributed by atoms with Crippen molar-refractivity contribution in [3.63, 3.8) is 0 Å². The van der Waals surface area contributed by atoms with Crippen LogP contribution in [0.25, 0.3) is 0 Å². The minimum absolute atomic E-state index is 0.0832. The van der Waals surface area contributed by atoms with Gasteiger partial charge < -0.3 is 10.2 Å². The molecule has 0 aliphatic heterocycles. The Balaban J connectivity index is 1.59. The van der Waals surface area contributed by atoms with Gasteiger partial charge in [0.1, 0.15) is 6.04 Å². The number of benzene rings is 1. The van der Waals surface area contributed by atoms with Crippen molar-refractivity contribution in [3.05, 3.63) is 35.9 Å². The summed E-state index contributed by atoms with van der Waals surface area (Å²) in [6.07, 6.45) is 7.01. The van der Waals surface area contributed by atoms with Crippen LogP contribution in [0.5, 0.6) is 0 Å². The number of carbonyl (C=O) groups is 1. The van der Waals surface area contributed by atoms with Gasteiger partial charge in [0.15, 0.2) is 0 Å². The predicted octanol–water partition coefficient (Wildman–Crippen LogP) is 2.98. The second-order valence-electron chi connectivity index (χ2n) is 8.36. The lowest BCUT2D eigenvalue weighted by Gasteiger charge is -2.59. The van der Waals surface area contributed by atoms with Gasteiger partial charge in [-0.05, 0) is 67.3 Å². The third-order valence-corrected chi connectivity index (χ3v) is 6.70. The zero-order valence-corrected chi connectivity index (χ0v) is 14.0. The van der Waals surface area contributed by atoms with Crippen LogP contribution in [0.3, 0.4) is 0 Å². The molecule has 1 unspecified atom stereocenters. The highest BCUT2D eigenvalue weighted by atomic mass is 16.4. The molecular weight excluding hydrogens is 302 g/mol. The highest BCUT2D eigenvalue weighted by Crippen LogP contribution is 2.61. The second kappa shape index (κ2) is 6.16. The Bertz CT molecular complexity index is 565. The summed E-state index contributed by atoms with van der Waals surface area (Å²) < 4.78 is 0. The van der Waals surface area contributed by atoms with Crippen LogP contribution >= 0.6 is 0 Å². The maximum absolute atomic E-state index is 12.2. The number of carboxylic acid groups (broad SMARTS) is 1. The largest absolute Gasteiger partial charge is 0.480 e. The van der Waals surface area contributed by atoms with Crippen molar-refractivity contribution in [2.24, 2.45) is 23.2 Å². The number of hydrogen-bond donors (Lipinski definition) is 3. The normalized spacial score (nSPS) is 36.5. The zero-order valence-electron chi connectivity index (χ0n) is 14.0. The lowest BCUT2D eigenvalue weighted by molar-refractivity contribution is -0.152. The standard InChI is InChI=1S/C20H27NO3/c22-12-17(16-4-2-1-3-5-16)21-18(19(23)24)20-9-13-6-14(10-20)8-15(7-13)11-20/h1-5,13-15,17-18,21-22H,6-12H2,(H,23,24)/t13?,14?,15?,17-,18?,20?/m0/s1. The van der Waals surface area contributed by atoms with Gasteiger partial charge in [0.05, 0.1) is 12.6 Å². The van der Waals surface area contributed by atoms with E-state index < -0.39 is 12.0 Å². The van der Waals surface area contributed by atoms with Crippen LogP contribution in [-0.4, -0.2) is 28.8 Å². The molecule has 4 aliphatic rings. The van der Waals surface area contributed by atoms with Crippen molar-refractivity contribution in [2.75, 3.05) is 6.61 Å². The van der Waals surface area contributed by atoms with Gasteiger partial charge in [-0.25, -0.2) is 0 Å². The van der Waals surface area contributed by atoms with Crippen LogP contribution in [0, 0.1) is 23.2 Å². The maximum Gasteiger partial charge on any atom is 0.321 e. The first-order valence-electron chi connectivity index (χ1n) is 9.24. The monoisotopic (exact) mass is 329 g/mol. The van der Waals surface area contributed by atoms with Crippen molar-refractivity contribution in [1.82, 2.24) is 5.32 Å². The Kier molecular flexibility index (Phi) is 4.13. The first kappa shape index (κ1) is 16.1. The van der Waals surface area contributed by atoms with Crippen molar-refractivity contribution < 1.29 is 15.0 Å². The third kappa shape index (κ3) is 2.76. The molecule has 24 heavy (non-hydrogen) atoms. The number of aliphatic hydroxyl groups is 1. The van der Waals surface area contributed by atoms with E-state index in [0.717, 1.165) is 24.8 Å². The van der Waals surface area contributed by atoms with Gasteiger partial charge in [0, 0.05) is 0 Å². The highest BCUT2D eigenvalue weighted by Gasteiger charge is 2.56. The van der Waals surface area contributed by atoms with Gasteiger partial charge in [-0.3, -0.25) is 10.1 Å². The van der Waals surface area contributed by atoms with E-state index in [1.807, 2.05) is 30.3 Å². The molecule has 0 saturated heterocycles. The summed E-state index contributed by atoms with van der Waals surface area (Å²) >= 11 is 0. The Hall–Kier alpha value is -1.39.